The number of amides is 2. The molecular formula is C14H19FN2O3S. The Kier molecular flexibility index (Phi) is 4.82. The van der Waals surface area contributed by atoms with Gasteiger partial charge in [-0.15, -0.1) is 0 Å². The lowest BCUT2D eigenvalue weighted by Crippen LogP contribution is -2.46. The van der Waals surface area contributed by atoms with Crippen molar-refractivity contribution < 1.29 is 17.6 Å². The van der Waals surface area contributed by atoms with Crippen molar-refractivity contribution in [1.29, 1.82) is 0 Å². The molecule has 1 aromatic carbocycles. The molecule has 5 nitrogen and oxygen atoms in total. The Hall–Kier alpha value is -1.63. The molecule has 0 spiro atoms. The van der Waals surface area contributed by atoms with Crippen LogP contribution in [0.5, 0.6) is 0 Å². The molecule has 1 saturated heterocycles. The predicted octanol–water partition coefficient (Wildman–Crippen LogP) is 1.54. The molecule has 116 valence electrons. The Morgan fingerprint density at radius 2 is 2.14 bits per heavy atom. The van der Waals surface area contributed by atoms with Gasteiger partial charge in [0.05, 0.1) is 11.5 Å². The zero-order chi connectivity index (χ0) is 15.5. The van der Waals surface area contributed by atoms with Gasteiger partial charge in [-0.05, 0) is 19.4 Å². The van der Waals surface area contributed by atoms with Gasteiger partial charge >= 0.3 is 6.03 Å². The molecule has 0 radical (unpaired) electrons. The van der Waals surface area contributed by atoms with Crippen LogP contribution in [0.3, 0.4) is 0 Å². The Morgan fingerprint density at radius 1 is 1.43 bits per heavy atom. The van der Waals surface area contributed by atoms with E-state index in [1.807, 2.05) is 0 Å². The maximum absolute atomic E-state index is 13.5. The van der Waals surface area contributed by atoms with E-state index in [0.717, 1.165) is 0 Å². The molecule has 0 aromatic heterocycles. The van der Waals surface area contributed by atoms with E-state index in [4.69, 9.17) is 0 Å². The van der Waals surface area contributed by atoms with E-state index in [2.05, 4.69) is 5.32 Å². The highest BCUT2D eigenvalue weighted by Crippen LogP contribution is 2.17. The predicted molar refractivity (Wildman–Crippen MR) is 78.1 cm³/mol. The fourth-order valence-electron chi connectivity index (χ4n) is 2.50. The Morgan fingerprint density at radius 3 is 2.71 bits per heavy atom. The van der Waals surface area contributed by atoms with Crippen molar-refractivity contribution in [2.24, 2.45) is 0 Å². The Bertz CT molecular complexity index is 618. The van der Waals surface area contributed by atoms with Crippen molar-refractivity contribution in [2.75, 3.05) is 18.1 Å². The van der Waals surface area contributed by atoms with Crippen molar-refractivity contribution in [3.8, 4) is 0 Å². The minimum Gasteiger partial charge on any atom is -0.334 e. The molecule has 1 heterocycles. The third-order valence-electron chi connectivity index (χ3n) is 3.64. The number of benzene rings is 1. The summed E-state index contributed by atoms with van der Waals surface area (Å²) in [5, 5.41) is 2.65. The van der Waals surface area contributed by atoms with Crippen LogP contribution in [-0.2, 0) is 16.4 Å². The number of rotatable bonds is 4. The highest BCUT2D eigenvalue weighted by atomic mass is 32.2. The summed E-state index contributed by atoms with van der Waals surface area (Å²) in [5.41, 5.74) is 0.404. The summed E-state index contributed by atoms with van der Waals surface area (Å²) in [4.78, 5) is 13.7. The molecule has 1 aliphatic heterocycles. The van der Waals surface area contributed by atoms with Crippen molar-refractivity contribution in [1.82, 2.24) is 10.2 Å². The van der Waals surface area contributed by atoms with E-state index >= 15 is 0 Å². The summed E-state index contributed by atoms with van der Waals surface area (Å²) in [6, 6.07) is 5.58. The SMILES string of the molecule is CCN(C(=O)NCc1ccccc1F)C1CCS(=O)(=O)C1. The largest absolute Gasteiger partial charge is 0.334 e. The van der Waals surface area contributed by atoms with Crippen LogP contribution in [0.4, 0.5) is 9.18 Å². The molecule has 0 bridgehead atoms. The summed E-state index contributed by atoms with van der Waals surface area (Å²) in [7, 11) is -3.04. The second kappa shape index (κ2) is 6.43. The van der Waals surface area contributed by atoms with E-state index in [-0.39, 0.29) is 35.9 Å². The van der Waals surface area contributed by atoms with E-state index in [9.17, 15) is 17.6 Å². The number of nitrogens with zero attached hydrogens (tertiary/aromatic N) is 1. The topological polar surface area (TPSA) is 66.5 Å². The van der Waals surface area contributed by atoms with Crippen LogP contribution >= 0.6 is 0 Å². The minimum atomic E-state index is -3.04. The summed E-state index contributed by atoms with van der Waals surface area (Å²) in [5.74, 6) is -0.243. The summed E-state index contributed by atoms with van der Waals surface area (Å²) >= 11 is 0. The lowest BCUT2D eigenvalue weighted by molar-refractivity contribution is 0.183. The summed E-state index contributed by atoms with van der Waals surface area (Å²) < 4.78 is 36.5. The zero-order valence-corrected chi connectivity index (χ0v) is 12.7. The van der Waals surface area contributed by atoms with Crippen LogP contribution in [0.25, 0.3) is 0 Å². The van der Waals surface area contributed by atoms with Gasteiger partial charge in [0.2, 0.25) is 0 Å². The maximum atomic E-state index is 13.5. The number of sulfone groups is 1. The van der Waals surface area contributed by atoms with Crippen LogP contribution < -0.4 is 5.32 Å². The smallest absolute Gasteiger partial charge is 0.317 e. The van der Waals surface area contributed by atoms with Crippen LogP contribution in [0.2, 0.25) is 0 Å². The van der Waals surface area contributed by atoms with Crippen molar-refractivity contribution >= 4 is 15.9 Å². The van der Waals surface area contributed by atoms with E-state index in [0.29, 0.717) is 18.5 Å². The normalized spacial score (nSPS) is 20.2. The van der Waals surface area contributed by atoms with Gasteiger partial charge in [-0.25, -0.2) is 17.6 Å². The maximum Gasteiger partial charge on any atom is 0.317 e. The van der Waals surface area contributed by atoms with Crippen LogP contribution in [0, 0.1) is 5.82 Å². The van der Waals surface area contributed by atoms with Crippen molar-refractivity contribution in [3.05, 3.63) is 35.6 Å². The summed E-state index contributed by atoms with van der Waals surface area (Å²) in [6.07, 6.45) is 0.462. The Balaban J connectivity index is 1.97. The van der Waals surface area contributed by atoms with Crippen LogP contribution in [-0.4, -0.2) is 43.4 Å². The number of hydrogen-bond acceptors (Lipinski definition) is 3. The van der Waals surface area contributed by atoms with Gasteiger partial charge in [0.15, 0.2) is 9.84 Å². The summed E-state index contributed by atoms with van der Waals surface area (Å²) in [6.45, 7) is 2.30. The van der Waals surface area contributed by atoms with Crippen molar-refractivity contribution in [2.45, 2.75) is 25.9 Å². The van der Waals surface area contributed by atoms with Gasteiger partial charge < -0.3 is 10.2 Å². The molecule has 1 atom stereocenters. The first-order valence-electron chi connectivity index (χ1n) is 6.91. The van der Waals surface area contributed by atoms with Crippen molar-refractivity contribution in [3.63, 3.8) is 0 Å². The first-order chi connectivity index (χ1) is 9.93. The molecule has 7 heteroatoms. The molecule has 1 fully saturated rings. The molecule has 0 saturated carbocycles. The van der Waals surface area contributed by atoms with Gasteiger partial charge in [-0.3, -0.25) is 0 Å². The second-order valence-electron chi connectivity index (χ2n) is 5.09. The highest BCUT2D eigenvalue weighted by Gasteiger charge is 2.33. The number of nitrogens with one attached hydrogen (secondary N) is 1. The first kappa shape index (κ1) is 15.8. The van der Waals surface area contributed by atoms with Gasteiger partial charge in [-0.2, -0.15) is 0 Å². The third kappa shape index (κ3) is 3.93. The fraction of sp³-hybridized carbons (Fsp3) is 0.500. The number of carbonyl (C=O) groups excluding carboxylic acids is 1. The van der Waals surface area contributed by atoms with E-state index in [1.54, 1.807) is 25.1 Å². The standard InChI is InChI=1S/C14H19FN2O3S/c1-2-17(12-7-8-21(19,20)10-12)14(18)16-9-11-5-3-4-6-13(11)15/h3-6,12H,2,7-10H2,1H3,(H,16,18). The molecule has 2 amide bonds. The zero-order valence-electron chi connectivity index (χ0n) is 11.9. The van der Waals surface area contributed by atoms with Gasteiger partial charge in [0.1, 0.15) is 5.82 Å². The number of halogens is 1. The third-order valence-corrected chi connectivity index (χ3v) is 5.39. The van der Waals surface area contributed by atoms with Gasteiger partial charge in [-0.1, -0.05) is 18.2 Å². The monoisotopic (exact) mass is 314 g/mol. The molecule has 1 aliphatic rings. The quantitative estimate of drug-likeness (QED) is 0.917. The molecule has 1 unspecified atom stereocenters. The fourth-order valence-corrected chi connectivity index (χ4v) is 4.23. The van der Waals surface area contributed by atoms with Gasteiger partial charge in [0.25, 0.3) is 0 Å². The Labute approximate surface area is 124 Å². The van der Waals surface area contributed by atoms with Crippen LogP contribution in [0.1, 0.15) is 18.9 Å². The average Bonchev–Trinajstić information content (AvgIpc) is 2.79. The van der Waals surface area contributed by atoms with Gasteiger partial charge in [0, 0.05) is 24.7 Å². The highest BCUT2D eigenvalue weighted by molar-refractivity contribution is 7.91. The van der Waals surface area contributed by atoms with E-state index in [1.165, 1.54) is 11.0 Å². The molecule has 1 aromatic rings. The first-order valence-corrected chi connectivity index (χ1v) is 8.73. The second-order valence-corrected chi connectivity index (χ2v) is 7.32. The lowest BCUT2D eigenvalue weighted by Gasteiger charge is -2.27. The molecule has 21 heavy (non-hydrogen) atoms. The lowest BCUT2D eigenvalue weighted by atomic mass is 10.2. The van der Waals surface area contributed by atoms with E-state index < -0.39 is 9.84 Å². The minimum absolute atomic E-state index is 0.00789. The molecule has 0 aliphatic carbocycles. The number of hydrogen-bond donors (Lipinski definition) is 1. The molecular weight excluding hydrogens is 295 g/mol. The molecule has 1 N–H and O–H groups in total. The number of urea groups is 1. The van der Waals surface area contributed by atoms with Crippen LogP contribution in [0.15, 0.2) is 24.3 Å². The number of carbonyl (C=O) groups is 1. The average molecular weight is 314 g/mol. The molecule has 2 rings (SSSR count).